The highest BCUT2D eigenvalue weighted by Crippen LogP contribution is 2.41. The summed E-state index contributed by atoms with van der Waals surface area (Å²) in [6.45, 7) is 9.08. The summed E-state index contributed by atoms with van der Waals surface area (Å²) in [7, 11) is 0. The van der Waals surface area contributed by atoms with Crippen LogP contribution in [-0.2, 0) is 11.2 Å². The van der Waals surface area contributed by atoms with E-state index in [1.165, 1.54) is 0 Å². The number of carbonyl (C=O) groups is 1. The van der Waals surface area contributed by atoms with Crippen molar-refractivity contribution in [3.63, 3.8) is 0 Å². The van der Waals surface area contributed by atoms with Crippen LogP contribution >= 0.6 is 0 Å². The molecule has 1 heterocycles. The predicted octanol–water partition coefficient (Wildman–Crippen LogP) is 3.49. The summed E-state index contributed by atoms with van der Waals surface area (Å²) in [5.41, 5.74) is 2.81. The van der Waals surface area contributed by atoms with Gasteiger partial charge in [-0.25, -0.2) is 4.79 Å². The highest BCUT2D eigenvalue weighted by atomic mass is 16.7. The summed E-state index contributed by atoms with van der Waals surface area (Å²) in [6, 6.07) is 1.58. The van der Waals surface area contributed by atoms with Gasteiger partial charge in [0, 0.05) is 19.4 Å². The van der Waals surface area contributed by atoms with Crippen LogP contribution in [0.25, 0.3) is 0 Å². The van der Waals surface area contributed by atoms with Crippen LogP contribution in [0.3, 0.4) is 0 Å². The zero-order valence-corrected chi connectivity index (χ0v) is 12.5. The van der Waals surface area contributed by atoms with Crippen LogP contribution in [0.5, 0.6) is 11.5 Å². The number of esters is 1. The molecule has 4 nitrogen and oxygen atoms in total. The number of hydrogen-bond acceptors (Lipinski definition) is 4. The van der Waals surface area contributed by atoms with E-state index in [0.29, 0.717) is 28.9 Å². The Kier molecular flexibility index (Phi) is 3.50. The molecule has 0 bridgehead atoms. The van der Waals surface area contributed by atoms with Crippen LogP contribution in [-0.4, -0.2) is 16.9 Å². The molecule has 1 aliphatic heterocycles. The molecule has 1 aliphatic rings. The fraction of sp³-hybridized carbons (Fsp3) is 0.438. The van der Waals surface area contributed by atoms with Gasteiger partial charge in [-0.2, -0.15) is 0 Å². The Hall–Kier alpha value is -1.97. The van der Waals surface area contributed by atoms with Gasteiger partial charge in [-0.05, 0) is 38.8 Å². The smallest absolute Gasteiger partial charge is 0.345 e. The van der Waals surface area contributed by atoms with E-state index in [0.717, 1.165) is 5.57 Å². The van der Waals surface area contributed by atoms with Crippen LogP contribution < -0.4 is 4.74 Å². The lowest BCUT2D eigenvalue weighted by atomic mass is 9.98. The topological polar surface area (TPSA) is 55.8 Å². The summed E-state index contributed by atoms with van der Waals surface area (Å²) in [4.78, 5) is 12.1. The summed E-state index contributed by atoms with van der Waals surface area (Å²) in [5, 5.41) is 10.2. The molecule has 0 atom stereocenters. The van der Waals surface area contributed by atoms with E-state index in [9.17, 15) is 9.90 Å². The monoisotopic (exact) mass is 276 g/mol. The second-order valence-corrected chi connectivity index (χ2v) is 5.77. The van der Waals surface area contributed by atoms with Gasteiger partial charge >= 0.3 is 5.97 Å². The van der Waals surface area contributed by atoms with Crippen molar-refractivity contribution in [1.29, 1.82) is 0 Å². The van der Waals surface area contributed by atoms with Gasteiger partial charge in [0.2, 0.25) is 5.79 Å². The maximum absolute atomic E-state index is 12.1. The van der Waals surface area contributed by atoms with E-state index in [1.807, 2.05) is 19.9 Å². The molecule has 2 rings (SSSR count). The van der Waals surface area contributed by atoms with Crippen molar-refractivity contribution in [1.82, 2.24) is 0 Å². The molecule has 0 amide bonds. The van der Waals surface area contributed by atoms with Gasteiger partial charge in [-0.1, -0.05) is 11.6 Å². The van der Waals surface area contributed by atoms with E-state index in [4.69, 9.17) is 9.47 Å². The zero-order valence-electron chi connectivity index (χ0n) is 12.5. The first kappa shape index (κ1) is 14.4. The van der Waals surface area contributed by atoms with Crippen molar-refractivity contribution in [3.05, 3.63) is 34.4 Å². The quantitative estimate of drug-likeness (QED) is 0.663. The average Bonchev–Trinajstić information content (AvgIpc) is 2.24. The molecule has 108 valence electrons. The Morgan fingerprint density at radius 3 is 2.60 bits per heavy atom. The van der Waals surface area contributed by atoms with Gasteiger partial charge in [0.1, 0.15) is 17.1 Å². The van der Waals surface area contributed by atoms with Gasteiger partial charge in [-0.3, -0.25) is 0 Å². The van der Waals surface area contributed by atoms with Crippen molar-refractivity contribution >= 4 is 5.97 Å². The van der Waals surface area contributed by atoms with Crippen molar-refractivity contribution in [2.75, 3.05) is 0 Å². The Balaban J connectivity index is 2.62. The molecule has 0 unspecified atom stereocenters. The van der Waals surface area contributed by atoms with Crippen LogP contribution in [0, 0.1) is 6.92 Å². The molecule has 0 aromatic heterocycles. The Morgan fingerprint density at radius 1 is 1.35 bits per heavy atom. The zero-order chi connectivity index (χ0) is 15.1. The van der Waals surface area contributed by atoms with Crippen LogP contribution in [0.15, 0.2) is 17.7 Å². The van der Waals surface area contributed by atoms with Crippen molar-refractivity contribution in [2.24, 2.45) is 0 Å². The van der Waals surface area contributed by atoms with Crippen LogP contribution in [0.2, 0.25) is 0 Å². The number of ether oxygens (including phenoxy) is 2. The van der Waals surface area contributed by atoms with Crippen molar-refractivity contribution in [3.8, 4) is 11.5 Å². The average molecular weight is 276 g/mol. The maximum Gasteiger partial charge on any atom is 0.345 e. The van der Waals surface area contributed by atoms with Gasteiger partial charge in [0.05, 0.1) is 0 Å². The number of cyclic esters (lactones) is 1. The molecule has 20 heavy (non-hydrogen) atoms. The summed E-state index contributed by atoms with van der Waals surface area (Å²) < 4.78 is 11.0. The Bertz CT molecular complexity index is 593. The van der Waals surface area contributed by atoms with E-state index < -0.39 is 11.8 Å². The lowest BCUT2D eigenvalue weighted by Gasteiger charge is -2.33. The first-order chi connectivity index (χ1) is 9.21. The molecule has 0 fully saturated rings. The fourth-order valence-corrected chi connectivity index (χ4v) is 2.22. The normalized spacial score (nSPS) is 15.9. The number of allylic oxidation sites excluding steroid dienone is 2. The molecular formula is C16H20O4. The van der Waals surface area contributed by atoms with Crippen LogP contribution in [0.4, 0.5) is 0 Å². The number of carbonyl (C=O) groups excluding carboxylic acids is 1. The summed E-state index contributed by atoms with van der Waals surface area (Å²) in [6.07, 6.45) is 2.50. The second kappa shape index (κ2) is 4.85. The van der Waals surface area contributed by atoms with Crippen molar-refractivity contribution < 1.29 is 19.4 Å². The lowest BCUT2D eigenvalue weighted by Crippen LogP contribution is -2.39. The van der Waals surface area contributed by atoms with E-state index >= 15 is 0 Å². The van der Waals surface area contributed by atoms with Crippen LogP contribution in [0.1, 0.15) is 49.2 Å². The van der Waals surface area contributed by atoms with E-state index in [1.54, 1.807) is 26.8 Å². The van der Waals surface area contributed by atoms with Gasteiger partial charge in [-0.15, -0.1) is 0 Å². The molecular weight excluding hydrogens is 256 g/mol. The minimum absolute atomic E-state index is 0.143. The number of aryl methyl sites for hydroxylation is 1. The third-order valence-electron chi connectivity index (χ3n) is 3.16. The summed E-state index contributed by atoms with van der Waals surface area (Å²) in [5.74, 6) is -0.859. The van der Waals surface area contributed by atoms with Crippen molar-refractivity contribution in [2.45, 2.75) is 46.8 Å². The van der Waals surface area contributed by atoms with Gasteiger partial charge < -0.3 is 14.6 Å². The lowest BCUT2D eigenvalue weighted by molar-refractivity contribution is -0.127. The third-order valence-corrected chi connectivity index (χ3v) is 3.16. The van der Waals surface area contributed by atoms with E-state index in [-0.39, 0.29) is 5.75 Å². The largest absolute Gasteiger partial charge is 0.508 e. The molecule has 1 aromatic rings. The number of phenolic OH excluding ortho intramolecular Hbond substituents is 1. The van der Waals surface area contributed by atoms with E-state index in [2.05, 4.69) is 0 Å². The standard InChI is InChI=1S/C16H20O4/c1-9(2)6-7-11-12(17)8-10(3)13-14(11)19-16(4,5)20-15(13)18/h6,8,17H,7H2,1-5H3. The Morgan fingerprint density at radius 2 is 2.00 bits per heavy atom. The second-order valence-electron chi connectivity index (χ2n) is 5.77. The fourth-order valence-electron chi connectivity index (χ4n) is 2.22. The molecule has 0 saturated carbocycles. The maximum atomic E-state index is 12.1. The molecule has 1 N–H and O–H groups in total. The molecule has 1 aromatic carbocycles. The number of hydrogen-bond donors (Lipinski definition) is 1. The first-order valence-electron chi connectivity index (χ1n) is 6.62. The minimum Gasteiger partial charge on any atom is -0.508 e. The molecule has 0 saturated heterocycles. The number of aromatic hydroxyl groups is 1. The molecule has 4 heteroatoms. The third kappa shape index (κ3) is 2.64. The SMILES string of the molecule is CC(C)=CCc1c(O)cc(C)c2c1OC(C)(C)OC2=O. The Labute approximate surface area is 119 Å². The minimum atomic E-state index is -1.02. The molecule has 0 spiro atoms. The number of phenols is 1. The number of benzene rings is 1. The summed E-state index contributed by atoms with van der Waals surface area (Å²) >= 11 is 0. The molecule has 0 radical (unpaired) electrons. The number of fused-ring (bicyclic) bond motifs is 1. The highest BCUT2D eigenvalue weighted by molar-refractivity contribution is 5.96. The van der Waals surface area contributed by atoms with Gasteiger partial charge in [0.25, 0.3) is 0 Å². The number of rotatable bonds is 2. The highest BCUT2D eigenvalue weighted by Gasteiger charge is 2.37. The predicted molar refractivity (Wildman–Crippen MR) is 76.1 cm³/mol. The first-order valence-corrected chi connectivity index (χ1v) is 6.62. The molecule has 0 aliphatic carbocycles. The van der Waals surface area contributed by atoms with Gasteiger partial charge in [0.15, 0.2) is 0 Å².